The summed E-state index contributed by atoms with van der Waals surface area (Å²) in [5.74, 6) is -0.295. The van der Waals surface area contributed by atoms with Gasteiger partial charge in [-0.1, -0.05) is 54.6 Å². The number of fused-ring (bicyclic) bond motifs is 1. The van der Waals surface area contributed by atoms with Gasteiger partial charge in [0.25, 0.3) is 0 Å². The Morgan fingerprint density at radius 2 is 1.64 bits per heavy atom. The van der Waals surface area contributed by atoms with Crippen LogP contribution >= 0.6 is 0 Å². The minimum Gasteiger partial charge on any atom is -0.336 e. The molecule has 0 radical (unpaired) electrons. The maximum atomic E-state index is 13.0. The summed E-state index contributed by atoms with van der Waals surface area (Å²) in [7, 11) is -3.50. The van der Waals surface area contributed by atoms with Gasteiger partial charge in [-0.15, -0.1) is 0 Å². The van der Waals surface area contributed by atoms with Crippen LogP contribution in [0.2, 0.25) is 0 Å². The first-order chi connectivity index (χ1) is 11.7. The summed E-state index contributed by atoms with van der Waals surface area (Å²) in [6.07, 6.45) is 1.12. The third kappa shape index (κ3) is 3.21. The van der Waals surface area contributed by atoms with Gasteiger partial charge >= 0.3 is 0 Å². The smallest absolute Gasteiger partial charge is 0.243 e. The maximum absolute atomic E-state index is 13.0. The number of sulfone groups is 1. The van der Waals surface area contributed by atoms with Crippen LogP contribution in [-0.4, -0.2) is 36.8 Å². The summed E-state index contributed by atoms with van der Waals surface area (Å²) < 4.78 is 22.7. The normalized spacial score (nSPS) is 17.9. The molecule has 1 aliphatic rings. The molecule has 5 heteroatoms. The Labute approximate surface area is 149 Å². The zero-order valence-corrected chi connectivity index (χ0v) is 15.6. The van der Waals surface area contributed by atoms with Crippen LogP contribution in [0.5, 0.6) is 0 Å². The van der Waals surface area contributed by atoms with Crippen molar-refractivity contribution >= 4 is 15.7 Å². The van der Waals surface area contributed by atoms with Crippen LogP contribution in [0.25, 0.3) is 0 Å². The maximum Gasteiger partial charge on any atom is 0.243 e. The van der Waals surface area contributed by atoms with E-state index in [-0.39, 0.29) is 11.8 Å². The number of hydrogen-bond acceptors (Lipinski definition) is 3. The number of amides is 1. The molecule has 3 rings (SSSR count). The Hall–Kier alpha value is -2.14. The average molecular weight is 357 g/mol. The second-order valence-electron chi connectivity index (χ2n) is 7.13. The summed E-state index contributed by atoms with van der Waals surface area (Å²) in [4.78, 5) is 14.7. The van der Waals surface area contributed by atoms with Crippen molar-refractivity contribution in [1.29, 1.82) is 0 Å². The zero-order valence-electron chi connectivity index (χ0n) is 14.8. The van der Waals surface area contributed by atoms with Crippen LogP contribution in [-0.2, 0) is 21.2 Å². The van der Waals surface area contributed by atoms with E-state index in [2.05, 4.69) is 18.2 Å². The van der Waals surface area contributed by atoms with Crippen LogP contribution in [0, 0.1) is 0 Å². The molecule has 0 N–H and O–H groups in total. The fourth-order valence-corrected chi connectivity index (χ4v) is 3.72. The lowest BCUT2D eigenvalue weighted by Crippen LogP contribution is -2.51. The second kappa shape index (κ2) is 6.30. The molecule has 0 spiro atoms. The van der Waals surface area contributed by atoms with Crippen molar-refractivity contribution in [2.75, 3.05) is 12.8 Å². The number of nitrogens with zero attached hydrogens (tertiary/aromatic N) is 1. The first-order valence-electron chi connectivity index (χ1n) is 8.33. The molecule has 1 atom stereocenters. The Morgan fingerprint density at radius 1 is 1.04 bits per heavy atom. The first kappa shape index (κ1) is 17.7. The second-order valence-corrected chi connectivity index (χ2v) is 9.70. The van der Waals surface area contributed by atoms with Crippen LogP contribution in [0.4, 0.5) is 0 Å². The molecule has 0 aromatic heterocycles. The van der Waals surface area contributed by atoms with E-state index in [9.17, 15) is 13.2 Å². The van der Waals surface area contributed by atoms with E-state index in [1.807, 2.05) is 36.4 Å². The zero-order chi connectivity index (χ0) is 18.2. The van der Waals surface area contributed by atoms with Gasteiger partial charge in [0.15, 0.2) is 9.84 Å². The molecule has 0 saturated carbocycles. The summed E-state index contributed by atoms with van der Waals surface area (Å²) in [5, 5.41) is 0. The molecule has 0 fully saturated rings. The molecule has 4 nitrogen and oxygen atoms in total. The summed E-state index contributed by atoms with van der Waals surface area (Å²) in [6.45, 7) is 3.90. The predicted molar refractivity (Wildman–Crippen MR) is 99.1 cm³/mol. The fourth-order valence-electron chi connectivity index (χ4n) is 3.27. The van der Waals surface area contributed by atoms with Gasteiger partial charge in [-0.2, -0.15) is 0 Å². The highest BCUT2D eigenvalue weighted by Gasteiger charge is 2.43. The standard InChI is InChI=1S/C20H23NO3S/c1-20(2,25(3,23)24)19(22)21-13-16-11-7-8-12-17(16)18(14-21)15-9-5-4-6-10-15/h4-12,18H,13-14H2,1-3H3. The molecule has 2 aromatic rings. The molecule has 1 amide bonds. The minimum atomic E-state index is -3.50. The molecule has 2 aromatic carbocycles. The lowest BCUT2D eigenvalue weighted by atomic mass is 9.84. The summed E-state index contributed by atoms with van der Waals surface area (Å²) in [5.41, 5.74) is 3.40. The largest absolute Gasteiger partial charge is 0.336 e. The molecular weight excluding hydrogens is 334 g/mol. The molecule has 1 unspecified atom stereocenters. The quantitative estimate of drug-likeness (QED) is 0.849. The topological polar surface area (TPSA) is 54.5 Å². The van der Waals surface area contributed by atoms with Crippen LogP contribution in [0.15, 0.2) is 54.6 Å². The molecule has 1 heterocycles. The third-order valence-electron chi connectivity index (χ3n) is 5.13. The Balaban J connectivity index is 2.02. The van der Waals surface area contributed by atoms with Crippen molar-refractivity contribution in [3.8, 4) is 0 Å². The molecule has 0 saturated heterocycles. The molecular formula is C20H23NO3S. The number of carbonyl (C=O) groups is 1. The van der Waals surface area contributed by atoms with Crippen molar-refractivity contribution in [2.24, 2.45) is 0 Å². The van der Waals surface area contributed by atoms with Gasteiger partial charge in [-0.3, -0.25) is 4.79 Å². The van der Waals surface area contributed by atoms with Crippen LogP contribution in [0.3, 0.4) is 0 Å². The molecule has 0 aliphatic carbocycles. The summed E-state index contributed by atoms with van der Waals surface area (Å²) >= 11 is 0. The van der Waals surface area contributed by atoms with E-state index in [0.29, 0.717) is 13.1 Å². The van der Waals surface area contributed by atoms with Gasteiger partial charge in [0.2, 0.25) is 5.91 Å². The predicted octanol–water partition coefficient (Wildman–Crippen LogP) is 2.98. The van der Waals surface area contributed by atoms with Gasteiger partial charge in [-0.25, -0.2) is 8.42 Å². The number of benzene rings is 2. The van der Waals surface area contributed by atoms with Crippen molar-refractivity contribution in [3.05, 3.63) is 71.3 Å². The average Bonchev–Trinajstić information content (AvgIpc) is 2.60. The van der Waals surface area contributed by atoms with E-state index in [1.165, 1.54) is 19.4 Å². The molecule has 25 heavy (non-hydrogen) atoms. The van der Waals surface area contributed by atoms with Crippen molar-refractivity contribution in [1.82, 2.24) is 4.90 Å². The van der Waals surface area contributed by atoms with E-state index in [1.54, 1.807) is 4.90 Å². The highest BCUT2D eigenvalue weighted by molar-refractivity contribution is 7.92. The number of rotatable bonds is 3. The monoisotopic (exact) mass is 357 g/mol. The van der Waals surface area contributed by atoms with Gasteiger partial charge in [0.1, 0.15) is 4.75 Å². The highest BCUT2D eigenvalue weighted by atomic mass is 32.2. The van der Waals surface area contributed by atoms with Crippen molar-refractivity contribution in [3.63, 3.8) is 0 Å². The Kier molecular flexibility index (Phi) is 4.45. The number of carbonyl (C=O) groups excluding carboxylic acids is 1. The van der Waals surface area contributed by atoms with Gasteiger partial charge in [-0.05, 0) is 30.5 Å². The summed E-state index contributed by atoms with van der Waals surface area (Å²) in [6, 6.07) is 18.1. The minimum absolute atomic E-state index is 0.0467. The Morgan fingerprint density at radius 3 is 2.28 bits per heavy atom. The highest BCUT2D eigenvalue weighted by Crippen LogP contribution is 2.35. The van der Waals surface area contributed by atoms with Crippen molar-refractivity contribution < 1.29 is 13.2 Å². The molecule has 0 bridgehead atoms. The van der Waals surface area contributed by atoms with E-state index in [4.69, 9.17) is 0 Å². The number of hydrogen-bond donors (Lipinski definition) is 0. The third-order valence-corrected chi connectivity index (χ3v) is 7.15. The van der Waals surface area contributed by atoms with Crippen LogP contribution < -0.4 is 0 Å². The van der Waals surface area contributed by atoms with E-state index < -0.39 is 14.6 Å². The Bertz CT molecular complexity index is 888. The molecule has 1 aliphatic heterocycles. The lowest BCUT2D eigenvalue weighted by molar-refractivity contribution is -0.134. The van der Waals surface area contributed by atoms with Crippen molar-refractivity contribution in [2.45, 2.75) is 31.1 Å². The van der Waals surface area contributed by atoms with Gasteiger partial charge in [0, 0.05) is 25.3 Å². The first-order valence-corrected chi connectivity index (χ1v) is 10.2. The fraction of sp³-hybridized carbons (Fsp3) is 0.350. The lowest BCUT2D eigenvalue weighted by Gasteiger charge is -2.38. The van der Waals surface area contributed by atoms with Crippen LogP contribution in [0.1, 0.15) is 36.5 Å². The van der Waals surface area contributed by atoms with E-state index >= 15 is 0 Å². The van der Waals surface area contributed by atoms with Gasteiger partial charge < -0.3 is 4.90 Å². The van der Waals surface area contributed by atoms with Gasteiger partial charge in [0.05, 0.1) is 0 Å². The SMILES string of the molecule is CC(C)(C(=O)N1Cc2ccccc2C(c2ccccc2)C1)S(C)(=O)=O. The van der Waals surface area contributed by atoms with E-state index in [0.717, 1.165) is 17.4 Å². The molecule has 132 valence electrons.